The third kappa shape index (κ3) is 5.23. The van der Waals surface area contributed by atoms with Crippen molar-refractivity contribution >= 4 is 16.9 Å². The molecule has 1 fully saturated rings. The molecule has 0 aliphatic carbocycles. The summed E-state index contributed by atoms with van der Waals surface area (Å²) in [6.07, 6.45) is 2.60. The number of ether oxygens (including phenoxy) is 1. The highest BCUT2D eigenvalue weighted by Gasteiger charge is 2.28. The van der Waals surface area contributed by atoms with Gasteiger partial charge in [0.2, 0.25) is 0 Å². The molecule has 1 aromatic heterocycles. The van der Waals surface area contributed by atoms with E-state index in [-0.39, 0.29) is 11.4 Å². The number of benzene rings is 4. The Morgan fingerprint density at radius 2 is 1.60 bits per heavy atom. The van der Waals surface area contributed by atoms with Crippen molar-refractivity contribution in [3.8, 4) is 11.4 Å². The topological polar surface area (TPSA) is 63.5 Å². The second kappa shape index (κ2) is 11.4. The Balaban J connectivity index is 1.55. The molecule has 202 valence electrons. The van der Waals surface area contributed by atoms with E-state index in [0.29, 0.717) is 18.9 Å². The Labute approximate surface area is 232 Å². The van der Waals surface area contributed by atoms with E-state index in [9.17, 15) is 14.3 Å². The van der Waals surface area contributed by atoms with Crippen LogP contribution in [0.25, 0.3) is 16.6 Å². The number of fused-ring (bicyclic) bond motifs is 1. The van der Waals surface area contributed by atoms with Crippen molar-refractivity contribution < 1.29 is 19.0 Å². The molecule has 2 N–H and O–H groups in total. The molecule has 1 aliphatic rings. The summed E-state index contributed by atoms with van der Waals surface area (Å²) in [6.45, 7) is 2.30. The number of nitrogens with one attached hydrogen (secondary N) is 1. The molecule has 0 amide bonds. The fraction of sp³-hybridized carbons (Fsp3) is 0.206. The standard InChI is InChI=1S/C34H31FN2O3/c35-27-13-15-28(16-14-27)37-30-7-4-8-31(40-22-24-5-2-1-3-6-24)32(30)29(33(37)25-17-19-36-20-18-25)21-23-9-11-26(12-10-23)34(38)39/h1-16,25,36H,17-22H2,(H,38,39). The van der Waals surface area contributed by atoms with E-state index >= 15 is 0 Å². The molecule has 0 spiro atoms. The number of piperidine rings is 1. The molecule has 6 rings (SSSR count). The van der Waals surface area contributed by atoms with Gasteiger partial charge in [-0.15, -0.1) is 0 Å². The molecular formula is C34H31FN2O3. The quantitative estimate of drug-likeness (QED) is 0.223. The van der Waals surface area contributed by atoms with Gasteiger partial charge in [0.05, 0.1) is 11.1 Å². The van der Waals surface area contributed by atoms with E-state index in [1.807, 2.05) is 54.6 Å². The van der Waals surface area contributed by atoms with Gasteiger partial charge in [-0.2, -0.15) is 0 Å². The molecule has 0 radical (unpaired) electrons. The molecular weight excluding hydrogens is 503 g/mol. The van der Waals surface area contributed by atoms with Crippen LogP contribution < -0.4 is 10.1 Å². The highest BCUT2D eigenvalue weighted by Crippen LogP contribution is 2.42. The number of aromatic nitrogens is 1. The molecule has 0 unspecified atom stereocenters. The maximum absolute atomic E-state index is 14.0. The summed E-state index contributed by atoms with van der Waals surface area (Å²) < 4.78 is 22.8. The molecule has 40 heavy (non-hydrogen) atoms. The number of carboxylic acids is 1. The third-order valence-electron chi connectivity index (χ3n) is 7.73. The molecule has 1 saturated heterocycles. The third-order valence-corrected chi connectivity index (χ3v) is 7.73. The number of carboxylic acid groups (broad SMARTS) is 1. The van der Waals surface area contributed by atoms with Crippen molar-refractivity contribution in [2.45, 2.75) is 31.8 Å². The first-order chi connectivity index (χ1) is 19.6. The smallest absolute Gasteiger partial charge is 0.335 e. The van der Waals surface area contributed by atoms with Gasteiger partial charge in [-0.1, -0.05) is 48.5 Å². The number of hydrogen-bond acceptors (Lipinski definition) is 3. The maximum Gasteiger partial charge on any atom is 0.335 e. The molecule has 5 nitrogen and oxygen atoms in total. The fourth-order valence-electron chi connectivity index (χ4n) is 5.80. The second-order valence-electron chi connectivity index (χ2n) is 10.3. The summed E-state index contributed by atoms with van der Waals surface area (Å²) in [6, 6.07) is 30.0. The van der Waals surface area contributed by atoms with E-state index in [2.05, 4.69) is 28.1 Å². The van der Waals surface area contributed by atoms with Gasteiger partial charge in [0, 0.05) is 22.7 Å². The van der Waals surface area contributed by atoms with Crippen LogP contribution in [-0.2, 0) is 13.0 Å². The Morgan fingerprint density at radius 3 is 2.30 bits per heavy atom. The van der Waals surface area contributed by atoms with Crippen LogP contribution in [0.5, 0.6) is 5.75 Å². The number of aromatic carboxylic acids is 1. The van der Waals surface area contributed by atoms with Crippen LogP contribution >= 0.6 is 0 Å². The first kappa shape index (κ1) is 25.8. The van der Waals surface area contributed by atoms with E-state index in [1.165, 1.54) is 17.8 Å². The summed E-state index contributed by atoms with van der Waals surface area (Å²) in [5, 5.41) is 13.9. The minimum Gasteiger partial charge on any atom is -0.488 e. The van der Waals surface area contributed by atoms with Crippen molar-refractivity contribution in [1.29, 1.82) is 0 Å². The Kier molecular flexibility index (Phi) is 7.34. The van der Waals surface area contributed by atoms with Crippen LogP contribution in [0.3, 0.4) is 0 Å². The minimum absolute atomic E-state index is 0.267. The SMILES string of the molecule is O=C(O)c1ccc(Cc2c(C3CCNCC3)n(-c3ccc(F)cc3)c3cccc(OCc4ccccc4)c23)cc1. The van der Waals surface area contributed by atoms with Crippen LogP contribution in [0.1, 0.15) is 51.5 Å². The molecule has 0 saturated carbocycles. The molecule has 2 heterocycles. The number of halogens is 1. The van der Waals surface area contributed by atoms with Gasteiger partial charge in [-0.3, -0.25) is 0 Å². The van der Waals surface area contributed by atoms with Crippen molar-refractivity contribution in [3.05, 3.63) is 131 Å². The normalized spacial score (nSPS) is 13.9. The van der Waals surface area contributed by atoms with Crippen LogP contribution in [-0.4, -0.2) is 28.7 Å². The lowest BCUT2D eigenvalue weighted by molar-refractivity contribution is 0.0697. The van der Waals surface area contributed by atoms with Crippen LogP contribution in [0, 0.1) is 5.82 Å². The zero-order valence-corrected chi connectivity index (χ0v) is 22.1. The molecule has 0 bridgehead atoms. The zero-order chi connectivity index (χ0) is 27.5. The second-order valence-corrected chi connectivity index (χ2v) is 10.3. The molecule has 4 aromatic carbocycles. The molecule has 6 heteroatoms. The van der Waals surface area contributed by atoms with Gasteiger partial charge in [-0.05, 0) is 97.6 Å². The fourth-order valence-corrected chi connectivity index (χ4v) is 5.80. The first-order valence-corrected chi connectivity index (χ1v) is 13.7. The van der Waals surface area contributed by atoms with E-state index in [4.69, 9.17) is 4.74 Å². The molecule has 5 aromatic rings. The Hall–Kier alpha value is -4.42. The predicted molar refractivity (Wildman–Crippen MR) is 155 cm³/mol. The average molecular weight is 535 g/mol. The predicted octanol–water partition coefficient (Wildman–Crippen LogP) is 7.10. The highest BCUT2D eigenvalue weighted by molar-refractivity contribution is 5.93. The highest BCUT2D eigenvalue weighted by atomic mass is 19.1. The van der Waals surface area contributed by atoms with E-state index < -0.39 is 5.97 Å². The molecule has 1 aliphatic heterocycles. The van der Waals surface area contributed by atoms with Crippen LogP contribution in [0.15, 0.2) is 97.1 Å². The maximum atomic E-state index is 14.0. The first-order valence-electron chi connectivity index (χ1n) is 13.7. The lowest BCUT2D eigenvalue weighted by atomic mass is 9.89. The van der Waals surface area contributed by atoms with Crippen molar-refractivity contribution in [2.75, 3.05) is 13.1 Å². The van der Waals surface area contributed by atoms with Crippen molar-refractivity contribution in [3.63, 3.8) is 0 Å². The number of carbonyl (C=O) groups is 1. The Bertz CT molecular complexity index is 1620. The largest absolute Gasteiger partial charge is 0.488 e. The summed E-state index contributed by atoms with van der Waals surface area (Å²) in [7, 11) is 0. The van der Waals surface area contributed by atoms with Crippen LogP contribution in [0.2, 0.25) is 0 Å². The van der Waals surface area contributed by atoms with Crippen LogP contribution in [0.4, 0.5) is 4.39 Å². The van der Waals surface area contributed by atoms with Crippen molar-refractivity contribution in [2.24, 2.45) is 0 Å². The monoisotopic (exact) mass is 534 g/mol. The summed E-state index contributed by atoms with van der Waals surface area (Å²) in [5.41, 5.74) is 6.68. The van der Waals surface area contributed by atoms with Gasteiger partial charge >= 0.3 is 5.97 Å². The van der Waals surface area contributed by atoms with Gasteiger partial charge in [-0.25, -0.2) is 9.18 Å². The average Bonchev–Trinajstić information content (AvgIpc) is 3.32. The van der Waals surface area contributed by atoms with Gasteiger partial charge < -0.3 is 19.7 Å². The number of rotatable bonds is 8. The van der Waals surface area contributed by atoms with Gasteiger partial charge in [0.1, 0.15) is 18.2 Å². The van der Waals surface area contributed by atoms with E-state index in [1.54, 1.807) is 12.1 Å². The van der Waals surface area contributed by atoms with E-state index in [0.717, 1.165) is 65.0 Å². The molecule has 0 atom stereocenters. The van der Waals surface area contributed by atoms with Crippen molar-refractivity contribution in [1.82, 2.24) is 9.88 Å². The summed E-state index contributed by atoms with van der Waals surface area (Å²) in [4.78, 5) is 11.5. The summed E-state index contributed by atoms with van der Waals surface area (Å²) in [5.74, 6) is -0.107. The lowest BCUT2D eigenvalue weighted by Crippen LogP contribution is -2.28. The number of hydrogen-bond donors (Lipinski definition) is 2. The van der Waals surface area contributed by atoms with Gasteiger partial charge in [0.25, 0.3) is 0 Å². The van der Waals surface area contributed by atoms with Gasteiger partial charge in [0.15, 0.2) is 0 Å². The zero-order valence-electron chi connectivity index (χ0n) is 22.1. The lowest BCUT2D eigenvalue weighted by Gasteiger charge is -2.26. The summed E-state index contributed by atoms with van der Waals surface area (Å²) >= 11 is 0. The number of nitrogens with zero attached hydrogens (tertiary/aromatic N) is 1. The Morgan fingerprint density at radius 1 is 0.875 bits per heavy atom. The minimum atomic E-state index is -0.938.